The maximum absolute atomic E-state index is 14.0. The van der Waals surface area contributed by atoms with Crippen molar-refractivity contribution in [2.45, 2.75) is 10.3 Å². The van der Waals surface area contributed by atoms with Crippen molar-refractivity contribution in [3.63, 3.8) is 0 Å². The number of nitrogens with one attached hydrogen (secondary N) is 2. The quantitative estimate of drug-likeness (QED) is 0.238. The largest absolute Gasteiger partial charge is 0.326 e. The molecule has 0 saturated heterocycles. The van der Waals surface area contributed by atoms with E-state index in [-0.39, 0.29) is 32.0 Å². The molecule has 12 heteroatoms. The van der Waals surface area contributed by atoms with Crippen LogP contribution in [-0.2, 0) is 4.79 Å². The van der Waals surface area contributed by atoms with Crippen molar-refractivity contribution < 1.29 is 22.8 Å². The van der Waals surface area contributed by atoms with Gasteiger partial charge in [0.15, 0.2) is 0 Å². The van der Waals surface area contributed by atoms with Gasteiger partial charge < -0.3 is 10.6 Å². The van der Waals surface area contributed by atoms with Crippen LogP contribution in [0.5, 0.6) is 0 Å². The lowest BCUT2D eigenvalue weighted by atomic mass is 10.1. The number of benzene rings is 3. The number of rotatable bonds is 5. The van der Waals surface area contributed by atoms with Crippen LogP contribution >= 0.6 is 58.0 Å². The van der Waals surface area contributed by atoms with Gasteiger partial charge in [-0.3, -0.25) is 9.59 Å². The smallest absolute Gasteiger partial charge is 0.257 e. The van der Waals surface area contributed by atoms with Crippen molar-refractivity contribution in [3.05, 3.63) is 92.2 Å². The first kappa shape index (κ1) is 25.9. The lowest BCUT2D eigenvalue weighted by Crippen LogP contribution is -2.18. The molecule has 1 fully saturated rings. The SMILES string of the molecule is O=C(Nc1ccc(F)cc1F)c1cc(NC(=O)C2C(c3cc(F)c(Cl)c(Cl)c3)C2(Cl)Cl)ccc1Cl. The average Bonchev–Trinajstić information content (AvgIpc) is 3.37. The van der Waals surface area contributed by atoms with Gasteiger partial charge >= 0.3 is 0 Å². The van der Waals surface area contributed by atoms with E-state index in [4.69, 9.17) is 58.0 Å². The number of carbonyl (C=O) groups is 2. The summed E-state index contributed by atoms with van der Waals surface area (Å²) in [7, 11) is 0. The van der Waals surface area contributed by atoms with Crippen LogP contribution in [0.3, 0.4) is 0 Å². The third kappa shape index (κ3) is 5.20. The minimum atomic E-state index is -1.54. The summed E-state index contributed by atoms with van der Waals surface area (Å²) in [5, 5.41) is 4.57. The Morgan fingerprint density at radius 3 is 2.20 bits per heavy atom. The Morgan fingerprint density at radius 1 is 0.829 bits per heavy atom. The second-order valence-electron chi connectivity index (χ2n) is 7.69. The maximum atomic E-state index is 14.0. The van der Waals surface area contributed by atoms with Crippen LogP contribution in [0.2, 0.25) is 15.1 Å². The first-order valence-corrected chi connectivity index (χ1v) is 11.7. The molecule has 35 heavy (non-hydrogen) atoms. The summed E-state index contributed by atoms with van der Waals surface area (Å²) in [4.78, 5) is 25.5. The maximum Gasteiger partial charge on any atom is 0.257 e. The minimum absolute atomic E-state index is 0.0163. The fourth-order valence-corrected chi connectivity index (χ4v) is 4.96. The Bertz CT molecular complexity index is 1350. The lowest BCUT2D eigenvalue weighted by molar-refractivity contribution is -0.117. The summed E-state index contributed by atoms with van der Waals surface area (Å²) in [6, 6.07) is 9.17. The molecule has 3 aromatic rings. The molecular formula is C23H12Cl5F3N2O2. The Balaban J connectivity index is 1.52. The van der Waals surface area contributed by atoms with Gasteiger partial charge in [-0.2, -0.15) is 0 Å². The second-order valence-corrected chi connectivity index (χ2v) is 10.3. The lowest BCUT2D eigenvalue weighted by Gasteiger charge is -2.11. The third-order valence-corrected chi connectivity index (χ3v) is 7.41. The molecule has 182 valence electrons. The van der Waals surface area contributed by atoms with Crippen molar-refractivity contribution in [2.75, 3.05) is 10.6 Å². The third-order valence-electron chi connectivity index (χ3n) is 5.36. The van der Waals surface area contributed by atoms with Crippen LogP contribution in [-0.4, -0.2) is 16.1 Å². The normalized spacial score (nSPS) is 18.2. The van der Waals surface area contributed by atoms with E-state index in [1.54, 1.807) is 0 Å². The Labute approximate surface area is 222 Å². The first-order chi connectivity index (χ1) is 16.4. The van der Waals surface area contributed by atoms with Gasteiger partial charge in [0, 0.05) is 17.7 Å². The average molecular weight is 583 g/mol. The van der Waals surface area contributed by atoms with Gasteiger partial charge in [0.25, 0.3) is 5.91 Å². The minimum Gasteiger partial charge on any atom is -0.326 e. The molecular weight excluding hydrogens is 571 g/mol. The molecule has 2 amide bonds. The Hall–Kier alpha value is -2.16. The molecule has 2 N–H and O–H groups in total. The molecule has 1 aliphatic carbocycles. The van der Waals surface area contributed by atoms with E-state index in [1.165, 1.54) is 24.3 Å². The summed E-state index contributed by atoms with van der Waals surface area (Å²) in [6.07, 6.45) is 0. The highest BCUT2D eigenvalue weighted by Gasteiger charge is 2.67. The number of amides is 2. The number of halogens is 8. The van der Waals surface area contributed by atoms with Crippen molar-refractivity contribution in [1.82, 2.24) is 0 Å². The highest BCUT2D eigenvalue weighted by molar-refractivity contribution is 6.53. The second kappa shape index (κ2) is 9.71. The first-order valence-electron chi connectivity index (χ1n) is 9.79. The fourth-order valence-electron chi connectivity index (χ4n) is 3.60. The number of alkyl halides is 2. The topological polar surface area (TPSA) is 58.2 Å². The van der Waals surface area contributed by atoms with Gasteiger partial charge in [-0.1, -0.05) is 34.8 Å². The van der Waals surface area contributed by atoms with Gasteiger partial charge in [0.1, 0.15) is 21.8 Å². The van der Waals surface area contributed by atoms with Crippen LogP contribution < -0.4 is 10.6 Å². The van der Waals surface area contributed by atoms with Gasteiger partial charge in [0.05, 0.1) is 32.2 Å². The van der Waals surface area contributed by atoms with Crippen LogP contribution in [0.15, 0.2) is 48.5 Å². The van der Waals surface area contributed by atoms with Gasteiger partial charge in [-0.05, 0) is 48.0 Å². The molecule has 3 aromatic carbocycles. The van der Waals surface area contributed by atoms with E-state index in [1.807, 2.05) is 0 Å². The van der Waals surface area contributed by atoms with Crippen LogP contribution in [0.4, 0.5) is 24.5 Å². The molecule has 0 aliphatic heterocycles. The molecule has 1 aliphatic rings. The van der Waals surface area contributed by atoms with E-state index in [2.05, 4.69) is 10.6 Å². The zero-order chi connectivity index (χ0) is 25.7. The fraction of sp³-hybridized carbons (Fsp3) is 0.130. The van der Waals surface area contributed by atoms with Crippen LogP contribution in [0.1, 0.15) is 21.8 Å². The summed E-state index contributed by atoms with van der Waals surface area (Å²) >= 11 is 30.4. The molecule has 0 radical (unpaired) electrons. The van der Waals surface area contributed by atoms with Gasteiger partial charge in [0.2, 0.25) is 5.91 Å². The van der Waals surface area contributed by atoms with E-state index < -0.39 is 45.4 Å². The summed E-state index contributed by atoms with van der Waals surface area (Å²) in [6.45, 7) is 0. The van der Waals surface area contributed by atoms with E-state index in [9.17, 15) is 22.8 Å². The molecule has 2 unspecified atom stereocenters. The number of hydrogen-bond donors (Lipinski definition) is 2. The van der Waals surface area contributed by atoms with E-state index in [0.29, 0.717) is 11.6 Å². The molecule has 0 heterocycles. The molecule has 0 spiro atoms. The van der Waals surface area contributed by atoms with Crippen LogP contribution in [0.25, 0.3) is 0 Å². The number of hydrogen-bond acceptors (Lipinski definition) is 2. The Kier molecular flexibility index (Phi) is 7.19. The number of anilines is 2. The van der Waals surface area contributed by atoms with E-state index in [0.717, 1.165) is 18.2 Å². The molecule has 0 bridgehead atoms. The molecule has 0 aromatic heterocycles. The predicted octanol–water partition coefficient (Wildman–Crippen LogP) is 7.84. The van der Waals surface area contributed by atoms with Crippen LogP contribution in [0, 0.1) is 23.4 Å². The van der Waals surface area contributed by atoms with Gasteiger partial charge in [-0.25, -0.2) is 13.2 Å². The monoisotopic (exact) mass is 580 g/mol. The summed E-state index contributed by atoms with van der Waals surface area (Å²) in [5.74, 6) is -5.70. The highest BCUT2D eigenvalue weighted by atomic mass is 35.5. The predicted molar refractivity (Wildman–Crippen MR) is 131 cm³/mol. The number of carbonyl (C=O) groups excluding carboxylic acids is 2. The molecule has 4 nitrogen and oxygen atoms in total. The highest BCUT2D eigenvalue weighted by Crippen LogP contribution is 2.65. The van der Waals surface area contributed by atoms with Crippen molar-refractivity contribution in [2.24, 2.45) is 5.92 Å². The zero-order valence-corrected chi connectivity index (χ0v) is 20.9. The van der Waals surface area contributed by atoms with E-state index >= 15 is 0 Å². The van der Waals surface area contributed by atoms with Crippen molar-refractivity contribution in [1.29, 1.82) is 0 Å². The Morgan fingerprint density at radius 2 is 1.54 bits per heavy atom. The van der Waals surface area contributed by atoms with Gasteiger partial charge in [-0.15, -0.1) is 23.2 Å². The molecule has 1 saturated carbocycles. The van der Waals surface area contributed by atoms with Crippen molar-refractivity contribution >= 4 is 81.2 Å². The summed E-state index contributed by atoms with van der Waals surface area (Å²) in [5.41, 5.74) is 0.111. The van der Waals surface area contributed by atoms with Crippen molar-refractivity contribution in [3.8, 4) is 0 Å². The molecule has 2 atom stereocenters. The zero-order valence-electron chi connectivity index (χ0n) is 17.1. The standard InChI is InChI=1S/C23H12Cl5F3N2O2/c24-13-3-2-11(8-12(13)21(34)33-17-4-1-10(29)7-15(17)30)32-22(35)19-18(23(19,27)28)9-5-14(25)20(26)16(31)6-9/h1-8,18-19H,(H,32,35)(H,33,34). The summed E-state index contributed by atoms with van der Waals surface area (Å²) < 4.78 is 39.5. The molecule has 4 rings (SSSR count).